The first-order valence-electron chi connectivity index (χ1n) is 4.14. The minimum atomic E-state index is 0.556. The molecule has 1 heterocycles. The SMILES string of the molecule is Nc1cnnn1Cc1ccc(Cl)cc1. The molecule has 0 aliphatic carbocycles. The summed E-state index contributed by atoms with van der Waals surface area (Å²) in [6, 6.07) is 7.54. The Morgan fingerprint density at radius 1 is 1.29 bits per heavy atom. The van der Waals surface area contributed by atoms with Gasteiger partial charge in [0.05, 0.1) is 12.7 Å². The second-order valence-electron chi connectivity index (χ2n) is 2.94. The third-order valence-electron chi connectivity index (χ3n) is 1.89. The molecule has 0 saturated heterocycles. The van der Waals surface area contributed by atoms with E-state index in [1.807, 2.05) is 24.3 Å². The zero-order chi connectivity index (χ0) is 9.97. The maximum absolute atomic E-state index is 5.77. The third-order valence-corrected chi connectivity index (χ3v) is 2.15. The largest absolute Gasteiger partial charge is 0.383 e. The molecule has 0 amide bonds. The molecule has 0 spiro atoms. The Morgan fingerprint density at radius 3 is 2.57 bits per heavy atom. The van der Waals surface area contributed by atoms with E-state index in [1.165, 1.54) is 6.20 Å². The molecule has 0 radical (unpaired) electrons. The fourth-order valence-electron chi connectivity index (χ4n) is 1.15. The van der Waals surface area contributed by atoms with E-state index in [1.54, 1.807) is 4.68 Å². The van der Waals surface area contributed by atoms with Crippen LogP contribution in [0.4, 0.5) is 5.82 Å². The number of nitrogens with zero attached hydrogens (tertiary/aromatic N) is 3. The molecule has 2 rings (SSSR count). The van der Waals surface area contributed by atoms with Gasteiger partial charge < -0.3 is 5.73 Å². The van der Waals surface area contributed by atoms with Crippen LogP contribution in [0.5, 0.6) is 0 Å². The lowest BCUT2D eigenvalue weighted by molar-refractivity contribution is 0.658. The fraction of sp³-hybridized carbons (Fsp3) is 0.111. The van der Waals surface area contributed by atoms with Crippen LogP contribution in [0.25, 0.3) is 0 Å². The van der Waals surface area contributed by atoms with E-state index in [0.717, 1.165) is 10.6 Å². The van der Waals surface area contributed by atoms with E-state index < -0.39 is 0 Å². The number of aromatic nitrogens is 3. The minimum absolute atomic E-state index is 0.556. The quantitative estimate of drug-likeness (QED) is 0.815. The highest BCUT2D eigenvalue weighted by atomic mass is 35.5. The highest BCUT2D eigenvalue weighted by Crippen LogP contribution is 2.11. The number of rotatable bonds is 2. The summed E-state index contributed by atoms with van der Waals surface area (Å²) in [5, 5.41) is 8.26. The van der Waals surface area contributed by atoms with E-state index in [0.29, 0.717) is 12.4 Å². The molecule has 2 aromatic rings. The summed E-state index contributed by atoms with van der Waals surface area (Å²) >= 11 is 5.77. The molecule has 0 bridgehead atoms. The summed E-state index contributed by atoms with van der Waals surface area (Å²) in [6.07, 6.45) is 1.52. The van der Waals surface area contributed by atoms with Gasteiger partial charge in [0.15, 0.2) is 0 Å². The molecule has 14 heavy (non-hydrogen) atoms. The number of halogens is 1. The zero-order valence-corrected chi connectivity index (χ0v) is 8.15. The Balaban J connectivity index is 2.19. The van der Waals surface area contributed by atoms with Gasteiger partial charge >= 0.3 is 0 Å². The molecule has 1 aromatic carbocycles. The Bertz CT molecular complexity index is 421. The lowest BCUT2D eigenvalue weighted by Crippen LogP contribution is -2.05. The van der Waals surface area contributed by atoms with Crippen molar-refractivity contribution < 1.29 is 0 Å². The van der Waals surface area contributed by atoms with Crippen molar-refractivity contribution in [3.05, 3.63) is 41.0 Å². The maximum atomic E-state index is 5.77. The Hall–Kier alpha value is -1.55. The number of nitrogens with two attached hydrogens (primary N) is 1. The first-order chi connectivity index (χ1) is 6.75. The summed E-state index contributed by atoms with van der Waals surface area (Å²) in [6.45, 7) is 0.614. The van der Waals surface area contributed by atoms with Crippen LogP contribution in [-0.4, -0.2) is 15.0 Å². The van der Waals surface area contributed by atoms with Crippen LogP contribution in [0, 0.1) is 0 Å². The van der Waals surface area contributed by atoms with Gasteiger partial charge in [0.2, 0.25) is 0 Å². The topological polar surface area (TPSA) is 56.7 Å². The van der Waals surface area contributed by atoms with Crippen molar-refractivity contribution >= 4 is 17.4 Å². The van der Waals surface area contributed by atoms with Gasteiger partial charge in [0.25, 0.3) is 0 Å². The van der Waals surface area contributed by atoms with E-state index in [4.69, 9.17) is 17.3 Å². The maximum Gasteiger partial charge on any atom is 0.142 e. The first-order valence-corrected chi connectivity index (χ1v) is 4.52. The van der Waals surface area contributed by atoms with Crippen molar-refractivity contribution in [3.8, 4) is 0 Å². The lowest BCUT2D eigenvalue weighted by Gasteiger charge is -2.02. The normalized spacial score (nSPS) is 10.4. The van der Waals surface area contributed by atoms with Crippen molar-refractivity contribution in [3.63, 3.8) is 0 Å². The molecule has 0 atom stereocenters. The van der Waals surface area contributed by atoms with E-state index in [-0.39, 0.29) is 0 Å². The van der Waals surface area contributed by atoms with Crippen LogP contribution in [0.15, 0.2) is 30.5 Å². The summed E-state index contributed by atoms with van der Waals surface area (Å²) in [4.78, 5) is 0. The molecular formula is C9H9ClN4. The lowest BCUT2D eigenvalue weighted by atomic mass is 10.2. The second-order valence-corrected chi connectivity index (χ2v) is 3.38. The third kappa shape index (κ3) is 1.85. The van der Waals surface area contributed by atoms with E-state index >= 15 is 0 Å². The predicted octanol–water partition coefficient (Wildman–Crippen LogP) is 1.56. The molecule has 4 nitrogen and oxygen atoms in total. The highest BCUT2D eigenvalue weighted by Gasteiger charge is 2.00. The van der Waals surface area contributed by atoms with Crippen molar-refractivity contribution in [1.29, 1.82) is 0 Å². The minimum Gasteiger partial charge on any atom is -0.383 e. The summed E-state index contributed by atoms with van der Waals surface area (Å²) < 4.78 is 1.63. The number of hydrogen-bond acceptors (Lipinski definition) is 3. The molecule has 72 valence electrons. The molecule has 0 aliphatic heterocycles. The van der Waals surface area contributed by atoms with Gasteiger partial charge in [-0.3, -0.25) is 0 Å². The molecule has 0 fully saturated rings. The van der Waals surface area contributed by atoms with Crippen LogP contribution in [0.3, 0.4) is 0 Å². The first kappa shape index (κ1) is 9.02. The molecule has 1 aromatic heterocycles. The monoisotopic (exact) mass is 208 g/mol. The van der Waals surface area contributed by atoms with Crippen LogP contribution < -0.4 is 5.73 Å². The Labute approximate surface area is 86.3 Å². The van der Waals surface area contributed by atoms with Crippen LogP contribution in [0.2, 0.25) is 5.02 Å². The van der Waals surface area contributed by atoms with Crippen LogP contribution in [0.1, 0.15) is 5.56 Å². The Kier molecular flexibility index (Phi) is 2.37. The summed E-state index contributed by atoms with van der Waals surface area (Å²) in [5.41, 5.74) is 6.72. The summed E-state index contributed by atoms with van der Waals surface area (Å²) in [7, 11) is 0. The summed E-state index contributed by atoms with van der Waals surface area (Å²) in [5.74, 6) is 0.556. The van der Waals surface area contributed by atoms with Crippen molar-refractivity contribution in [2.75, 3.05) is 5.73 Å². The number of nitrogen functional groups attached to an aromatic ring is 1. The van der Waals surface area contributed by atoms with Gasteiger partial charge in [-0.1, -0.05) is 28.9 Å². The molecule has 5 heteroatoms. The van der Waals surface area contributed by atoms with Gasteiger partial charge in [0, 0.05) is 5.02 Å². The smallest absolute Gasteiger partial charge is 0.142 e. The standard InChI is InChI=1S/C9H9ClN4/c10-8-3-1-7(2-4-8)6-14-9(11)5-12-13-14/h1-5H,6,11H2. The van der Waals surface area contributed by atoms with Crippen molar-refractivity contribution in [1.82, 2.24) is 15.0 Å². The molecule has 0 saturated carbocycles. The average molecular weight is 209 g/mol. The molecule has 2 N–H and O–H groups in total. The van der Waals surface area contributed by atoms with Crippen molar-refractivity contribution in [2.24, 2.45) is 0 Å². The Morgan fingerprint density at radius 2 is 2.00 bits per heavy atom. The van der Waals surface area contributed by atoms with Crippen molar-refractivity contribution in [2.45, 2.75) is 6.54 Å². The van der Waals surface area contributed by atoms with Crippen LogP contribution >= 0.6 is 11.6 Å². The highest BCUT2D eigenvalue weighted by molar-refractivity contribution is 6.30. The van der Waals surface area contributed by atoms with Gasteiger partial charge in [-0.15, -0.1) is 5.10 Å². The molecular weight excluding hydrogens is 200 g/mol. The molecule has 0 unspecified atom stereocenters. The molecule has 0 aliphatic rings. The van der Waals surface area contributed by atoms with E-state index in [9.17, 15) is 0 Å². The van der Waals surface area contributed by atoms with Gasteiger partial charge in [-0.25, -0.2) is 4.68 Å². The predicted molar refractivity (Wildman–Crippen MR) is 55.0 cm³/mol. The van der Waals surface area contributed by atoms with E-state index in [2.05, 4.69) is 10.3 Å². The second kappa shape index (κ2) is 3.67. The zero-order valence-electron chi connectivity index (χ0n) is 7.39. The van der Waals surface area contributed by atoms with Crippen LogP contribution in [-0.2, 0) is 6.54 Å². The van der Waals surface area contributed by atoms with Gasteiger partial charge in [-0.2, -0.15) is 0 Å². The fourth-order valence-corrected chi connectivity index (χ4v) is 1.28. The average Bonchev–Trinajstić information content (AvgIpc) is 2.56. The van der Waals surface area contributed by atoms with Gasteiger partial charge in [-0.05, 0) is 17.7 Å². The number of anilines is 1. The number of benzene rings is 1. The number of hydrogen-bond donors (Lipinski definition) is 1. The van der Waals surface area contributed by atoms with Gasteiger partial charge in [0.1, 0.15) is 5.82 Å².